The lowest BCUT2D eigenvalue weighted by Crippen LogP contribution is -2.60. The van der Waals surface area contributed by atoms with Gasteiger partial charge in [0.2, 0.25) is 10.0 Å². The van der Waals surface area contributed by atoms with Crippen molar-refractivity contribution in [2.75, 3.05) is 26.0 Å². The molecule has 2 amide bonds. The number of carbonyl (C=O) groups excluding carboxylic acids is 1. The van der Waals surface area contributed by atoms with Crippen molar-refractivity contribution in [1.82, 2.24) is 14.9 Å². The Kier molecular flexibility index (Phi) is 8.46. The van der Waals surface area contributed by atoms with Gasteiger partial charge in [0.15, 0.2) is 0 Å². The second-order valence-corrected chi connectivity index (χ2v) is 10.5. The number of nitrogens with zero attached hydrogens (tertiary/aromatic N) is 1. The minimum absolute atomic E-state index is 0.0246. The number of sulfonamides is 1. The van der Waals surface area contributed by atoms with Crippen molar-refractivity contribution in [1.29, 1.82) is 0 Å². The first kappa shape index (κ1) is 24.9. The predicted octanol–water partition coefficient (Wildman–Crippen LogP) is 3.12. The first-order chi connectivity index (χ1) is 15.2. The Hall–Kier alpha value is -1.78. The number of halogens is 2. The van der Waals surface area contributed by atoms with Crippen molar-refractivity contribution in [2.45, 2.75) is 69.6 Å². The number of piperidine rings is 1. The lowest BCUT2D eigenvalue weighted by atomic mass is 9.82. The Morgan fingerprint density at radius 2 is 1.91 bits per heavy atom. The molecule has 0 radical (unpaired) electrons. The van der Waals surface area contributed by atoms with Crippen molar-refractivity contribution in [3.63, 3.8) is 0 Å². The Morgan fingerprint density at radius 1 is 1.19 bits per heavy atom. The third kappa shape index (κ3) is 6.62. The lowest BCUT2D eigenvalue weighted by Gasteiger charge is -2.42. The molecule has 2 N–H and O–H groups in total. The summed E-state index contributed by atoms with van der Waals surface area (Å²) in [6, 6.07) is 2.69. The summed E-state index contributed by atoms with van der Waals surface area (Å²) in [5.41, 5.74) is 0.539. The maximum Gasteiger partial charge on any atom is 0.317 e. The maximum absolute atomic E-state index is 14.1. The van der Waals surface area contributed by atoms with Crippen LogP contribution in [0.25, 0.3) is 0 Å². The Balaban J connectivity index is 1.61. The van der Waals surface area contributed by atoms with Crippen LogP contribution in [-0.4, -0.2) is 63.5 Å². The molecule has 0 spiro atoms. The van der Waals surface area contributed by atoms with Crippen LogP contribution in [0.4, 0.5) is 13.6 Å². The summed E-state index contributed by atoms with van der Waals surface area (Å²) in [4.78, 5) is 14.2. The van der Waals surface area contributed by atoms with Crippen LogP contribution in [0.3, 0.4) is 0 Å². The summed E-state index contributed by atoms with van der Waals surface area (Å²) in [5, 5.41) is 2.79. The van der Waals surface area contributed by atoms with E-state index >= 15 is 0 Å². The molecule has 0 unspecified atom stereocenters. The van der Waals surface area contributed by atoms with Crippen molar-refractivity contribution >= 4 is 16.1 Å². The van der Waals surface area contributed by atoms with Crippen LogP contribution in [0.2, 0.25) is 0 Å². The first-order valence-electron chi connectivity index (χ1n) is 11.3. The number of carbonyl (C=O) groups is 1. The topological polar surface area (TPSA) is 87.7 Å². The van der Waals surface area contributed by atoms with E-state index in [0.717, 1.165) is 38.0 Å². The predicted molar refractivity (Wildman–Crippen MR) is 118 cm³/mol. The highest BCUT2D eigenvalue weighted by atomic mass is 32.2. The van der Waals surface area contributed by atoms with E-state index in [-0.39, 0.29) is 24.7 Å². The monoisotopic (exact) mass is 473 g/mol. The molecule has 1 aromatic rings. The fourth-order valence-electron chi connectivity index (χ4n) is 4.79. The van der Waals surface area contributed by atoms with E-state index in [2.05, 4.69) is 10.0 Å². The SMILES string of the molecule is CCNC(=O)N1CCC[C@H](NS(C)(=O)=O)[C@@H]1CO[C@H]1CC[C@@H](c2ccc(F)cc2F)CC1. The van der Waals surface area contributed by atoms with Crippen molar-refractivity contribution in [2.24, 2.45) is 0 Å². The van der Waals surface area contributed by atoms with Gasteiger partial charge in [-0.05, 0) is 63.0 Å². The van der Waals surface area contributed by atoms with Gasteiger partial charge in [-0.25, -0.2) is 26.7 Å². The largest absolute Gasteiger partial charge is 0.376 e. The first-order valence-corrected chi connectivity index (χ1v) is 13.2. The summed E-state index contributed by atoms with van der Waals surface area (Å²) < 4.78 is 59.8. The summed E-state index contributed by atoms with van der Waals surface area (Å²) in [5.74, 6) is -1.06. The number of nitrogens with one attached hydrogen (secondary N) is 2. The van der Waals surface area contributed by atoms with Gasteiger partial charge in [-0.2, -0.15) is 0 Å². The van der Waals surface area contributed by atoms with Gasteiger partial charge >= 0.3 is 6.03 Å². The highest BCUT2D eigenvalue weighted by Crippen LogP contribution is 2.35. The van der Waals surface area contributed by atoms with Crippen LogP contribution in [0.1, 0.15) is 56.9 Å². The van der Waals surface area contributed by atoms with E-state index in [1.54, 1.807) is 4.90 Å². The van der Waals surface area contributed by atoms with Gasteiger partial charge in [0, 0.05) is 25.2 Å². The smallest absolute Gasteiger partial charge is 0.317 e. The second-order valence-electron chi connectivity index (χ2n) is 8.71. The number of urea groups is 1. The fourth-order valence-corrected chi connectivity index (χ4v) is 5.61. The Bertz CT molecular complexity index is 891. The molecule has 1 saturated carbocycles. The summed E-state index contributed by atoms with van der Waals surface area (Å²) >= 11 is 0. The number of rotatable bonds is 7. The van der Waals surface area contributed by atoms with Crippen LogP contribution in [0.15, 0.2) is 18.2 Å². The number of ether oxygens (including phenoxy) is 1. The van der Waals surface area contributed by atoms with Gasteiger partial charge in [-0.3, -0.25) is 0 Å². The van der Waals surface area contributed by atoms with E-state index in [0.29, 0.717) is 31.5 Å². The normalized spacial score (nSPS) is 26.7. The third-order valence-corrected chi connectivity index (χ3v) is 7.04. The van der Waals surface area contributed by atoms with E-state index in [9.17, 15) is 22.0 Å². The van der Waals surface area contributed by atoms with Gasteiger partial charge in [0.05, 0.1) is 25.0 Å². The van der Waals surface area contributed by atoms with Gasteiger partial charge < -0.3 is 15.0 Å². The van der Waals surface area contributed by atoms with E-state index in [1.165, 1.54) is 12.1 Å². The standard InChI is InChI=1S/C22H33F2N3O4S/c1-3-25-22(28)27-12-4-5-20(26-32(2,29)30)21(27)14-31-17-9-6-15(7-10-17)18-11-8-16(23)13-19(18)24/h8,11,13,15,17,20-21,26H,3-7,9-10,12,14H2,1-2H3,(H,25,28)/t15-,17+,20-,21-/m0/s1. The Labute approximate surface area is 188 Å². The molecule has 180 valence electrons. The van der Waals surface area contributed by atoms with Crippen LogP contribution >= 0.6 is 0 Å². The number of hydrogen-bond donors (Lipinski definition) is 2. The molecule has 1 aliphatic carbocycles. The number of amides is 2. The summed E-state index contributed by atoms with van der Waals surface area (Å²) in [7, 11) is -3.43. The number of benzene rings is 1. The minimum Gasteiger partial charge on any atom is -0.376 e. The molecule has 32 heavy (non-hydrogen) atoms. The van der Waals surface area contributed by atoms with Gasteiger partial charge in [0.1, 0.15) is 11.6 Å². The van der Waals surface area contributed by atoms with E-state index < -0.39 is 33.7 Å². The van der Waals surface area contributed by atoms with E-state index in [1.807, 2.05) is 6.92 Å². The zero-order valence-electron chi connectivity index (χ0n) is 18.6. The second kappa shape index (κ2) is 10.9. The molecular weight excluding hydrogens is 440 g/mol. The molecule has 1 saturated heterocycles. The molecule has 0 bridgehead atoms. The van der Waals surface area contributed by atoms with Crippen molar-refractivity contribution in [3.05, 3.63) is 35.4 Å². The molecular formula is C22H33F2N3O4S. The van der Waals surface area contributed by atoms with Crippen LogP contribution in [0, 0.1) is 11.6 Å². The average molecular weight is 474 g/mol. The quantitative estimate of drug-likeness (QED) is 0.637. The molecule has 1 heterocycles. The molecule has 0 aromatic heterocycles. The van der Waals surface area contributed by atoms with Gasteiger partial charge in [-0.15, -0.1) is 0 Å². The molecule has 1 aliphatic heterocycles. The molecule has 2 atom stereocenters. The summed E-state index contributed by atoms with van der Waals surface area (Å²) in [6.45, 7) is 3.09. The molecule has 10 heteroatoms. The number of likely N-dealkylation sites (tertiary alicyclic amines) is 1. The minimum atomic E-state index is -3.43. The average Bonchev–Trinajstić information content (AvgIpc) is 2.72. The zero-order valence-corrected chi connectivity index (χ0v) is 19.5. The molecule has 3 rings (SSSR count). The number of hydrogen-bond acceptors (Lipinski definition) is 4. The zero-order chi connectivity index (χ0) is 23.3. The molecule has 7 nitrogen and oxygen atoms in total. The van der Waals surface area contributed by atoms with Crippen molar-refractivity contribution < 1.29 is 26.7 Å². The highest BCUT2D eigenvalue weighted by molar-refractivity contribution is 7.88. The highest BCUT2D eigenvalue weighted by Gasteiger charge is 2.37. The van der Waals surface area contributed by atoms with Crippen LogP contribution < -0.4 is 10.0 Å². The van der Waals surface area contributed by atoms with Crippen LogP contribution in [0.5, 0.6) is 0 Å². The molecule has 2 fully saturated rings. The van der Waals surface area contributed by atoms with Gasteiger partial charge in [0.25, 0.3) is 0 Å². The Morgan fingerprint density at radius 3 is 2.53 bits per heavy atom. The molecule has 2 aliphatic rings. The van der Waals surface area contributed by atoms with Crippen molar-refractivity contribution in [3.8, 4) is 0 Å². The van der Waals surface area contributed by atoms with Gasteiger partial charge in [-0.1, -0.05) is 6.07 Å². The van der Waals surface area contributed by atoms with E-state index in [4.69, 9.17) is 4.74 Å². The fraction of sp³-hybridized carbons (Fsp3) is 0.682. The van der Waals surface area contributed by atoms with Crippen LogP contribution in [-0.2, 0) is 14.8 Å². The molecule has 1 aromatic carbocycles. The maximum atomic E-state index is 14.1. The summed E-state index contributed by atoms with van der Waals surface area (Å²) in [6.07, 6.45) is 5.30. The third-order valence-electron chi connectivity index (χ3n) is 6.31. The lowest BCUT2D eigenvalue weighted by molar-refractivity contribution is -0.0174.